The SMILES string of the molecule is CCOCC1CCS(=O)(=O)C12CN(C(=O)c1cc(C)nc(C)c1)C2. The predicted octanol–water partition coefficient (Wildman–Crippen LogP) is 1.36. The minimum Gasteiger partial charge on any atom is -0.381 e. The summed E-state index contributed by atoms with van der Waals surface area (Å²) in [7, 11) is -3.18. The highest BCUT2D eigenvalue weighted by atomic mass is 32.2. The van der Waals surface area contributed by atoms with Crippen molar-refractivity contribution in [1.82, 2.24) is 9.88 Å². The van der Waals surface area contributed by atoms with E-state index in [9.17, 15) is 13.2 Å². The zero-order valence-electron chi connectivity index (χ0n) is 14.4. The maximum atomic E-state index is 12.7. The van der Waals surface area contributed by atoms with E-state index in [1.54, 1.807) is 17.0 Å². The lowest BCUT2D eigenvalue weighted by Crippen LogP contribution is -2.68. The number of ether oxygens (including phenoxy) is 1. The van der Waals surface area contributed by atoms with E-state index >= 15 is 0 Å². The normalized spacial score (nSPS) is 24.1. The standard InChI is InChI=1S/C17H24N2O4S/c1-4-23-9-15-5-6-24(21,22)17(15)10-19(11-17)16(20)14-7-12(2)18-13(3)8-14/h7-8,15H,4-6,9-11H2,1-3H3. The van der Waals surface area contributed by atoms with Gasteiger partial charge in [0.05, 0.1) is 12.4 Å². The van der Waals surface area contributed by atoms with E-state index in [0.29, 0.717) is 25.2 Å². The van der Waals surface area contributed by atoms with Crippen LogP contribution in [0.4, 0.5) is 0 Å². The van der Waals surface area contributed by atoms with Crippen LogP contribution in [0.5, 0.6) is 0 Å². The number of carbonyl (C=O) groups is 1. The fourth-order valence-electron chi connectivity index (χ4n) is 3.85. The van der Waals surface area contributed by atoms with Gasteiger partial charge in [0.25, 0.3) is 5.91 Å². The molecule has 24 heavy (non-hydrogen) atoms. The van der Waals surface area contributed by atoms with Crippen LogP contribution in [0.25, 0.3) is 0 Å². The number of aryl methyl sites for hydroxylation is 2. The molecule has 2 aliphatic rings. The lowest BCUT2D eigenvalue weighted by molar-refractivity contribution is 0.0270. The van der Waals surface area contributed by atoms with Crippen LogP contribution in [0, 0.1) is 19.8 Å². The summed E-state index contributed by atoms with van der Waals surface area (Å²) in [6.07, 6.45) is 0.623. The van der Waals surface area contributed by atoms with E-state index in [4.69, 9.17) is 4.74 Å². The molecule has 0 bridgehead atoms. The number of amides is 1. The zero-order chi connectivity index (χ0) is 17.5. The Balaban J connectivity index is 1.77. The van der Waals surface area contributed by atoms with Crippen LogP contribution in [0.3, 0.4) is 0 Å². The van der Waals surface area contributed by atoms with Gasteiger partial charge in [-0.1, -0.05) is 0 Å². The molecule has 0 aromatic carbocycles. The minimum atomic E-state index is -3.18. The first-order chi connectivity index (χ1) is 11.3. The number of sulfone groups is 1. The van der Waals surface area contributed by atoms with Crippen LogP contribution in [0.1, 0.15) is 35.1 Å². The van der Waals surface area contributed by atoms with Crippen LogP contribution in [-0.4, -0.2) is 61.0 Å². The Morgan fingerprint density at radius 3 is 2.54 bits per heavy atom. The predicted molar refractivity (Wildman–Crippen MR) is 90.7 cm³/mol. The number of aromatic nitrogens is 1. The highest BCUT2D eigenvalue weighted by Gasteiger charge is 2.62. The third-order valence-electron chi connectivity index (χ3n) is 5.15. The Morgan fingerprint density at radius 1 is 1.33 bits per heavy atom. The van der Waals surface area contributed by atoms with Crippen LogP contribution in [-0.2, 0) is 14.6 Å². The number of rotatable bonds is 4. The highest BCUT2D eigenvalue weighted by molar-refractivity contribution is 7.93. The number of likely N-dealkylation sites (tertiary alicyclic amines) is 1. The second-order valence-electron chi connectivity index (χ2n) is 6.83. The van der Waals surface area contributed by atoms with Gasteiger partial charge in [-0.25, -0.2) is 8.42 Å². The summed E-state index contributed by atoms with van der Waals surface area (Å²) in [5.74, 6) is 0.0548. The number of carbonyl (C=O) groups excluding carboxylic acids is 1. The molecule has 1 unspecified atom stereocenters. The van der Waals surface area contributed by atoms with E-state index in [1.165, 1.54) is 0 Å². The van der Waals surface area contributed by atoms with E-state index in [2.05, 4.69) is 4.98 Å². The van der Waals surface area contributed by atoms with E-state index in [0.717, 1.165) is 11.4 Å². The fraction of sp³-hybridized carbons (Fsp3) is 0.647. The molecule has 7 heteroatoms. The molecule has 1 amide bonds. The molecule has 1 aromatic rings. The van der Waals surface area contributed by atoms with Crippen molar-refractivity contribution >= 4 is 15.7 Å². The maximum Gasteiger partial charge on any atom is 0.254 e. The van der Waals surface area contributed by atoms with Gasteiger partial charge in [-0.3, -0.25) is 9.78 Å². The van der Waals surface area contributed by atoms with Crippen molar-refractivity contribution < 1.29 is 17.9 Å². The third kappa shape index (κ3) is 2.73. The molecule has 132 valence electrons. The second kappa shape index (κ2) is 6.11. The average Bonchev–Trinajstić information content (AvgIpc) is 2.72. The van der Waals surface area contributed by atoms with Crippen molar-refractivity contribution in [2.45, 2.75) is 31.9 Å². The second-order valence-corrected chi connectivity index (χ2v) is 9.28. The van der Waals surface area contributed by atoms with Gasteiger partial charge in [0.15, 0.2) is 9.84 Å². The Morgan fingerprint density at radius 2 is 1.96 bits per heavy atom. The molecular weight excluding hydrogens is 328 g/mol. The monoisotopic (exact) mass is 352 g/mol. The summed E-state index contributed by atoms with van der Waals surface area (Å²) in [5.41, 5.74) is 2.15. The quantitative estimate of drug-likeness (QED) is 0.818. The van der Waals surface area contributed by atoms with Crippen LogP contribution >= 0.6 is 0 Å². The Labute approximate surface area is 143 Å². The number of nitrogens with zero attached hydrogens (tertiary/aromatic N) is 2. The first kappa shape index (κ1) is 17.4. The molecule has 1 aromatic heterocycles. The van der Waals surface area contributed by atoms with Crippen molar-refractivity contribution in [2.75, 3.05) is 32.1 Å². The Kier molecular flexibility index (Phi) is 4.42. The number of hydrogen-bond donors (Lipinski definition) is 0. The van der Waals surface area contributed by atoms with Gasteiger partial charge in [-0.05, 0) is 39.3 Å². The summed E-state index contributed by atoms with van der Waals surface area (Å²) in [4.78, 5) is 18.6. The molecule has 0 aliphatic carbocycles. The van der Waals surface area contributed by atoms with Crippen LogP contribution in [0.15, 0.2) is 12.1 Å². The molecule has 2 saturated heterocycles. The zero-order valence-corrected chi connectivity index (χ0v) is 15.2. The molecule has 0 N–H and O–H groups in total. The fourth-order valence-corrected chi connectivity index (χ4v) is 6.25. The summed E-state index contributed by atoms with van der Waals surface area (Å²) in [6.45, 7) is 7.16. The topological polar surface area (TPSA) is 76.6 Å². The van der Waals surface area contributed by atoms with Crippen LogP contribution < -0.4 is 0 Å². The van der Waals surface area contributed by atoms with Crippen molar-refractivity contribution in [2.24, 2.45) is 5.92 Å². The lowest BCUT2D eigenvalue weighted by Gasteiger charge is -2.49. The van der Waals surface area contributed by atoms with Crippen molar-refractivity contribution in [3.63, 3.8) is 0 Å². The van der Waals surface area contributed by atoms with Crippen molar-refractivity contribution in [3.8, 4) is 0 Å². The summed E-state index contributed by atoms with van der Waals surface area (Å²) in [6, 6.07) is 3.50. The van der Waals surface area contributed by atoms with Crippen LogP contribution in [0.2, 0.25) is 0 Å². The number of pyridine rings is 1. The van der Waals surface area contributed by atoms with Gasteiger partial charge in [0.2, 0.25) is 0 Å². The first-order valence-corrected chi connectivity index (χ1v) is 9.99. The molecule has 3 heterocycles. The maximum absolute atomic E-state index is 12.7. The first-order valence-electron chi connectivity index (χ1n) is 8.33. The molecule has 6 nitrogen and oxygen atoms in total. The Bertz CT molecular complexity index is 734. The molecule has 0 saturated carbocycles. The van der Waals surface area contributed by atoms with Gasteiger partial charge in [0.1, 0.15) is 4.75 Å². The van der Waals surface area contributed by atoms with Gasteiger partial charge < -0.3 is 9.64 Å². The average molecular weight is 352 g/mol. The molecule has 1 spiro atoms. The number of hydrogen-bond acceptors (Lipinski definition) is 5. The van der Waals surface area contributed by atoms with Crippen molar-refractivity contribution in [1.29, 1.82) is 0 Å². The highest BCUT2D eigenvalue weighted by Crippen LogP contribution is 2.45. The van der Waals surface area contributed by atoms with Gasteiger partial charge in [-0.2, -0.15) is 0 Å². The van der Waals surface area contributed by atoms with E-state index < -0.39 is 14.6 Å². The molecule has 3 rings (SSSR count). The van der Waals surface area contributed by atoms with Crippen molar-refractivity contribution in [3.05, 3.63) is 29.1 Å². The third-order valence-corrected chi connectivity index (χ3v) is 7.76. The Hall–Kier alpha value is -1.47. The molecule has 1 atom stereocenters. The molecular formula is C17H24N2O4S. The summed E-state index contributed by atoms with van der Waals surface area (Å²) < 4.78 is 29.8. The molecule has 0 radical (unpaired) electrons. The molecule has 2 fully saturated rings. The molecule has 2 aliphatic heterocycles. The van der Waals surface area contributed by atoms with E-state index in [1.807, 2.05) is 20.8 Å². The smallest absolute Gasteiger partial charge is 0.254 e. The summed E-state index contributed by atoms with van der Waals surface area (Å²) in [5, 5.41) is 0. The lowest BCUT2D eigenvalue weighted by atomic mass is 9.83. The largest absolute Gasteiger partial charge is 0.381 e. The van der Waals surface area contributed by atoms with Gasteiger partial charge in [0, 0.05) is 42.6 Å². The minimum absolute atomic E-state index is 0.0209. The van der Waals surface area contributed by atoms with E-state index in [-0.39, 0.29) is 30.7 Å². The van der Waals surface area contributed by atoms with Gasteiger partial charge in [-0.15, -0.1) is 0 Å². The summed E-state index contributed by atoms with van der Waals surface area (Å²) >= 11 is 0. The van der Waals surface area contributed by atoms with Gasteiger partial charge >= 0.3 is 0 Å².